The third kappa shape index (κ3) is 2.18. The first-order valence-corrected chi connectivity index (χ1v) is 6.16. The van der Waals surface area contributed by atoms with Crippen LogP contribution < -0.4 is 5.32 Å². The van der Waals surface area contributed by atoms with Gasteiger partial charge in [-0.15, -0.1) is 5.10 Å². The maximum Gasteiger partial charge on any atom is 0.224 e. The Morgan fingerprint density at radius 2 is 2.00 bits per heavy atom. The summed E-state index contributed by atoms with van der Waals surface area (Å²) in [5, 5.41) is 7.43. The van der Waals surface area contributed by atoms with Crippen molar-refractivity contribution in [2.24, 2.45) is 0 Å². The minimum Gasteiger partial charge on any atom is -0.357 e. The maximum absolute atomic E-state index is 4.49. The molecule has 0 saturated heterocycles. The van der Waals surface area contributed by atoms with Gasteiger partial charge in [0.05, 0.1) is 0 Å². The van der Waals surface area contributed by atoms with E-state index in [1.807, 2.05) is 18.5 Å². The molecule has 2 rings (SSSR count). The van der Waals surface area contributed by atoms with E-state index >= 15 is 0 Å². The van der Waals surface area contributed by atoms with E-state index in [-0.39, 0.29) is 0 Å². The molecular weight excluding hydrogens is 228 g/mol. The van der Waals surface area contributed by atoms with Crippen LogP contribution in [0.25, 0.3) is 5.82 Å². The summed E-state index contributed by atoms with van der Waals surface area (Å²) in [6, 6.07) is 0. The van der Waals surface area contributed by atoms with E-state index in [2.05, 4.69) is 32.3 Å². The van der Waals surface area contributed by atoms with Crippen LogP contribution in [-0.2, 0) is 12.8 Å². The van der Waals surface area contributed by atoms with E-state index < -0.39 is 0 Å². The Hall–Kier alpha value is -1.98. The van der Waals surface area contributed by atoms with Crippen molar-refractivity contribution < 1.29 is 0 Å². The summed E-state index contributed by atoms with van der Waals surface area (Å²) in [6.45, 7) is 6.09. The van der Waals surface area contributed by atoms with Gasteiger partial charge < -0.3 is 5.32 Å². The topological polar surface area (TPSA) is 68.5 Å². The van der Waals surface area contributed by atoms with Crippen LogP contribution in [0.2, 0.25) is 0 Å². The molecule has 0 aliphatic carbocycles. The van der Waals surface area contributed by atoms with E-state index in [0.29, 0.717) is 5.95 Å². The van der Waals surface area contributed by atoms with Gasteiger partial charge >= 0.3 is 0 Å². The number of hydrogen-bond donors (Lipinski definition) is 1. The van der Waals surface area contributed by atoms with E-state index in [4.69, 9.17) is 0 Å². The van der Waals surface area contributed by atoms with Crippen molar-refractivity contribution in [3.63, 3.8) is 0 Å². The van der Waals surface area contributed by atoms with Crippen molar-refractivity contribution in [2.75, 3.05) is 12.4 Å². The fourth-order valence-corrected chi connectivity index (χ4v) is 1.71. The largest absolute Gasteiger partial charge is 0.357 e. The van der Waals surface area contributed by atoms with Gasteiger partial charge in [-0.3, -0.25) is 0 Å². The van der Waals surface area contributed by atoms with Gasteiger partial charge in [-0.05, 0) is 6.92 Å². The van der Waals surface area contributed by atoms with Crippen molar-refractivity contribution in [3.05, 3.63) is 23.4 Å². The fourth-order valence-electron chi connectivity index (χ4n) is 1.71. The molecule has 1 N–H and O–H groups in total. The van der Waals surface area contributed by atoms with E-state index in [1.165, 1.54) is 0 Å². The van der Waals surface area contributed by atoms with E-state index in [0.717, 1.165) is 35.9 Å². The summed E-state index contributed by atoms with van der Waals surface area (Å²) >= 11 is 0. The number of rotatable bonds is 4. The van der Waals surface area contributed by atoms with E-state index in [9.17, 15) is 0 Å². The van der Waals surface area contributed by atoms with Crippen LogP contribution in [0, 0.1) is 6.92 Å². The van der Waals surface area contributed by atoms with Crippen molar-refractivity contribution >= 4 is 5.95 Å². The molecule has 0 radical (unpaired) electrons. The summed E-state index contributed by atoms with van der Waals surface area (Å²) in [6.07, 6.45) is 3.44. The molecule has 2 aromatic rings. The zero-order chi connectivity index (χ0) is 13.1. The molecule has 0 unspecified atom stereocenters. The Morgan fingerprint density at radius 1 is 1.22 bits per heavy atom. The molecule has 0 aliphatic heterocycles. The van der Waals surface area contributed by atoms with Crippen molar-refractivity contribution in [1.82, 2.24) is 24.7 Å². The lowest BCUT2D eigenvalue weighted by atomic mass is 10.3. The molecule has 2 heterocycles. The number of anilines is 1. The summed E-state index contributed by atoms with van der Waals surface area (Å²) in [5.74, 6) is 3.15. The number of hydrogen-bond acceptors (Lipinski definition) is 5. The molecule has 0 saturated carbocycles. The molecule has 18 heavy (non-hydrogen) atoms. The zero-order valence-corrected chi connectivity index (χ0v) is 11.2. The van der Waals surface area contributed by atoms with Crippen molar-refractivity contribution in [2.45, 2.75) is 33.6 Å². The predicted molar refractivity (Wildman–Crippen MR) is 70.0 cm³/mol. The minimum absolute atomic E-state index is 0.589. The highest BCUT2D eigenvalue weighted by Gasteiger charge is 2.13. The third-order valence-corrected chi connectivity index (χ3v) is 2.72. The second-order valence-electron chi connectivity index (χ2n) is 4.01. The first-order chi connectivity index (χ1) is 8.69. The first-order valence-electron chi connectivity index (χ1n) is 6.16. The highest BCUT2D eigenvalue weighted by atomic mass is 15.4. The molecule has 6 heteroatoms. The Balaban J connectivity index is 2.56. The maximum atomic E-state index is 4.49. The zero-order valence-electron chi connectivity index (χ0n) is 11.2. The number of aryl methyl sites for hydroxylation is 3. The average molecular weight is 246 g/mol. The monoisotopic (exact) mass is 246 g/mol. The number of nitrogens with zero attached hydrogens (tertiary/aromatic N) is 5. The molecule has 0 spiro atoms. The van der Waals surface area contributed by atoms with Gasteiger partial charge in [-0.25, -0.2) is 9.97 Å². The lowest BCUT2D eigenvalue weighted by Crippen LogP contribution is -2.09. The summed E-state index contributed by atoms with van der Waals surface area (Å²) in [5.41, 5.74) is 0.983. The molecule has 0 atom stereocenters. The summed E-state index contributed by atoms with van der Waals surface area (Å²) < 4.78 is 1.82. The summed E-state index contributed by atoms with van der Waals surface area (Å²) in [7, 11) is 1.80. The Morgan fingerprint density at radius 3 is 2.61 bits per heavy atom. The predicted octanol–water partition coefficient (Wildman–Crippen LogP) is 1.53. The molecule has 2 aromatic heterocycles. The molecule has 0 aliphatic rings. The highest BCUT2D eigenvalue weighted by Crippen LogP contribution is 2.14. The van der Waals surface area contributed by atoms with Crippen LogP contribution >= 0.6 is 0 Å². The first kappa shape index (κ1) is 12.5. The molecule has 0 fully saturated rings. The lowest BCUT2D eigenvalue weighted by Gasteiger charge is -2.08. The lowest BCUT2D eigenvalue weighted by molar-refractivity contribution is 0.760. The minimum atomic E-state index is 0.589. The number of aromatic nitrogens is 5. The van der Waals surface area contributed by atoms with Gasteiger partial charge in [-0.1, -0.05) is 13.8 Å². The Kier molecular flexibility index (Phi) is 3.55. The van der Waals surface area contributed by atoms with Gasteiger partial charge in [-0.2, -0.15) is 9.67 Å². The third-order valence-electron chi connectivity index (χ3n) is 2.72. The van der Waals surface area contributed by atoms with Crippen LogP contribution in [-0.4, -0.2) is 31.8 Å². The normalized spacial score (nSPS) is 10.7. The fraction of sp³-hybridized carbons (Fsp3) is 0.500. The second-order valence-corrected chi connectivity index (χ2v) is 4.01. The van der Waals surface area contributed by atoms with Crippen LogP contribution in [0.3, 0.4) is 0 Å². The average Bonchev–Trinajstić information content (AvgIpc) is 2.82. The molecule has 96 valence electrons. The van der Waals surface area contributed by atoms with Gasteiger partial charge in [0.15, 0.2) is 11.6 Å². The Labute approximate surface area is 106 Å². The quantitative estimate of drug-likeness (QED) is 0.886. The van der Waals surface area contributed by atoms with E-state index in [1.54, 1.807) is 13.2 Å². The van der Waals surface area contributed by atoms with Crippen molar-refractivity contribution in [1.29, 1.82) is 0 Å². The van der Waals surface area contributed by atoms with Gasteiger partial charge in [0.1, 0.15) is 5.82 Å². The smallest absolute Gasteiger partial charge is 0.224 e. The molecular formula is C12H18N6. The molecule has 0 amide bonds. The second kappa shape index (κ2) is 5.12. The van der Waals surface area contributed by atoms with Crippen LogP contribution in [0.15, 0.2) is 6.20 Å². The summed E-state index contributed by atoms with van der Waals surface area (Å²) in [4.78, 5) is 13.1. The van der Waals surface area contributed by atoms with Gasteiger partial charge in [0, 0.05) is 31.6 Å². The van der Waals surface area contributed by atoms with Crippen LogP contribution in [0.4, 0.5) is 5.95 Å². The van der Waals surface area contributed by atoms with Crippen molar-refractivity contribution in [3.8, 4) is 5.82 Å². The van der Waals surface area contributed by atoms with Gasteiger partial charge in [0.2, 0.25) is 5.95 Å². The molecule has 0 aromatic carbocycles. The van der Waals surface area contributed by atoms with Crippen LogP contribution in [0.5, 0.6) is 0 Å². The van der Waals surface area contributed by atoms with Crippen LogP contribution in [0.1, 0.15) is 31.1 Å². The highest BCUT2D eigenvalue weighted by molar-refractivity contribution is 5.37. The van der Waals surface area contributed by atoms with Gasteiger partial charge in [0.25, 0.3) is 0 Å². The Bertz CT molecular complexity index is 545. The molecule has 6 nitrogen and oxygen atoms in total. The standard InChI is InChI=1S/C12H18N6/c1-5-9-15-10(6-2)18(17-9)11-8(3)7-14-12(13-4)16-11/h7H,5-6H2,1-4H3,(H,13,14,16). The SMILES string of the molecule is CCc1nc(CC)n(-c2nc(NC)ncc2C)n1. The number of nitrogens with one attached hydrogen (secondary N) is 1. The molecule has 0 bridgehead atoms.